The lowest BCUT2D eigenvalue weighted by Gasteiger charge is -2.18. The van der Waals surface area contributed by atoms with Crippen LogP contribution in [0, 0.1) is 12.7 Å². The molecule has 16 heavy (non-hydrogen) atoms. The number of halogens is 1. The maximum Gasteiger partial charge on any atom is 0.262 e. The molecule has 0 spiro atoms. The van der Waals surface area contributed by atoms with E-state index in [1.165, 1.54) is 11.0 Å². The molecule has 0 fully saturated rings. The Morgan fingerprint density at radius 1 is 1.44 bits per heavy atom. The lowest BCUT2D eigenvalue weighted by atomic mass is 10.2. The van der Waals surface area contributed by atoms with Gasteiger partial charge in [0, 0.05) is 14.1 Å². The quantitative estimate of drug-likeness (QED) is 0.787. The second-order valence-corrected chi connectivity index (χ2v) is 3.88. The first kappa shape index (κ1) is 12.5. The number of carbonyl (C=O) groups excluding carboxylic acids is 1. The number of aryl methyl sites for hydroxylation is 1. The zero-order chi connectivity index (χ0) is 12.3. The van der Waals surface area contributed by atoms with Crippen molar-refractivity contribution in [3.63, 3.8) is 0 Å². The number of rotatable bonds is 3. The molecule has 0 aliphatic carbocycles. The van der Waals surface area contributed by atoms with Crippen LogP contribution in [0.5, 0.6) is 5.75 Å². The van der Waals surface area contributed by atoms with Gasteiger partial charge in [0.25, 0.3) is 5.91 Å². The molecule has 88 valence electrons. The monoisotopic (exact) mass is 225 g/mol. The zero-order valence-electron chi connectivity index (χ0n) is 9.95. The van der Waals surface area contributed by atoms with Gasteiger partial charge in [-0.1, -0.05) is 12.1 Å². The van der Waals surface area contributed by atoms with Gasteiger partial charge in [0.1, 0.15) is 0 Å². The van der Waals surface area contributed by atoms with Gasteiger partial charge in [0.2, 0.25) is 0 Å². The summed E-state index contributed by atoms with van der Waals surface area (Å²) in [7, 11) is 3.27. The Balaban J connectivity index is 2.81. The summed E-state index contributed by atoms with van der Waals surface area (Å²) < 4.78 is 18.9. The SMILES string of the molecule is Cc1cccc(OC(C)C(=O)N(C)C)c1F. The van der Waals surface area contributed by atoms with E-state index in [4.69, 9.17) is 4.74 Å². The summed E-state index contributed by atoms with van der Waals surface area (Å²) >= 11 is 0. The third-order valence-corrected chi connectivity index (χ3v) is 2.25. The molecule has 1 rings (SSSR count). The molecular weight excluding hydrogens is 209 g/mol. The van der Waals surface area contributed by atoms with Gasteiger partial charge in [-0.15, -0.1) is 0 Å². The second-order valence-electron chi connectivity index (χ2n) is 3.88. The van der Waals surface area contributed by atoms with Gasteiger partial charge in [-0.2, -0.15) is 0 Å². The average molecular weight is 225 g/mol. The number of hydrogen-bond donors (Lipinski definition) is 0. The lowest BCUT2D eigenvalue weighted by Crippen LogP contribution is -2.35. The Bertz CT molecular complexity index is 391. The summed E-state index contributed by atoms with van der Waals surface area (Å²) in [5.41, 5.74) is 0.502. The van der Waals surface area contributed by atoms with Crippen molar-refractivity contribution in [3.05, 3.63) is 29.6 Å². The first-order chi connectivity index (χ1) is 7.43. The van der Waals surface area contributed by atoms with Crippen LogP contribution in [0.1, 0.15) is 12.5 Å². The van der Waals surface area contributed by atoms with Crippen LogP contribution < -0.4 is 4.74 Å². The Hall–Kier alpha value is -1.58. The molecule has 0 radical (unpaired) electrons. The number of hydrogen-bond acceptors (Lipinski definition) is 2. The maximum absolute atomic E-state index is 13.6. The fraction of sp³-hybridized carbons (Fsp3) is 0.417. The molecule has 0 heterocycles. The topological polar surface area (TPSA) is 29.5 Å². The maximum atomic E-state index is 13.6. The van der Waals surface area contributed by atoms with E-state index in [2.05, 4.69) is 0 Å². The third kappa shape index (κ3) is 2.72. The summed E-state index contributed by atoms with van der Waals surface area (Å²) in [4.78, 5) is 12.9. The highest BCUT2D eigenvalue weighted by Gasteiger charge is 2.18. The average Bonchev–Trinajstić information content (AvgIpc) is 2.23. The number of amides is 1. The van der Waals surface area contributed by atoms with Crippen molar-refractivity contribution in [1.82, 2.24) is 4.90 Å². The molecule has 0 saturated carbocycles. The molecular formula is C12H16FNO2. The van der Waals surface area contributed by atoms with Crippen LogP contribution in [-0.4, -0.2) is 31.0 Å². The predicted molar refractivity (Wildman–Crippen MR) is 59.9 cm³/mol. The molecule has 3 nitrogen and oxygen atoms in total. The molecule has 0 aliphatic rings. The van der Waals surface area contributed by atoms with Crippen molar-refractivity contribution >= 4 is 5.91 Å². The van der Waals surface area contributed by atoms with E-state index in [9.17, 15) is 9.18 Å². The molecule has 0 aromatic heterocycles. The Morgan fingerprint density at radius 2 is 2.06 bits per heavy atom. The summed E-state index contributed by atoms with van der Waals surface area (Å²) in [5.74, 6) is -0.496. The van der Waals surface area contributed by atoms with Crippen LogP contribution in [0.15, 0.2) is 18.2 Å². The first-order valence-electron chi connectivity index (χ1n) is 5.06. The third-order valence-electron chi connectivity index (χ3n) is 2.25. The molecule has 1 atom stereocenters. The van der Waals surface area contributed by atoms with Crippen LogP contribution >= 0.6 is 0 Å². The van der Waals surface area contributed by atoms with Crippen molar-refractivity contribution in [2.75, 3.05) is 14.1 Å². The van der Waals surface area contributed by atoms with E-state index in [0.717, 1.165) is 0 Å². The Labute approximate surface area is 94.8 Å². The first-order valence-corrected chi connectivity index (χ1v) is 5.06. The summed E-state index contributed by atoms with van der Waals surface area (Å²) in [5, 5.41) is 0. The van der Waals surface area contributed by atoms with Crippen molar-refractivity contribution in [2.45, 2.75) is 20.0 Å². The van der Waals surface area contributed by atoms with Gasteiger partial charge in [0.15, 0.2) is 17.7 Å². The van der Waals surface area contributed by atoms with Crippen LogP contribution in [0.2, 0.25) is 0 Å². The van der Waals surface area contributed by atoms with Crippen molar-refractivity contribution in [1.29, 1.82) is 0 Å². The fourth-order valence-electron chi connectivity index (χ4n) is 1.32. The summed E-state index contributed by atoms with van der Waals surface area (Å²) in [6, 6.07) is 4.86. The van der Waals surface area contributed by atoms with Gasteiger partial charge < -0.3 is 9.64 Å². The lowest BCUT2D eigenvalue weighted by molar-refractivity contribution is -0.135. The minimum atomic E-state index is -0.689. The van der Waals surface area contributed by atoms with Crippen LogP contribution in [0.25, 0.3) is 0 Å². The van der Waals surface area contributed by atoms with Gasteiger partial charge in [-0.25, -0.2) is 4.39 Å². The molecule has 0 saturated heterocycles. The molecule has 1 aromatic carbocycles. The van der Waals surface area contributed by atoms with Gasteiger partial charge in [-0.05, 0) is 25.5 Å². The highest BCUT2D eigenvalue weighted by atomic mass is 19.1. The number of ether oxygens (including phenoxy) is 1. The molecule has 0 bridgehead atoms. The summed E-state index contributed by atoms with van der Waals surface area (Å²) in [6.45, 7) is 3.25. The fourth-order valence-corrected chi connectivity index (χ4v) is 1.32. The Morgan fingerprint density at radius 3 is 2.62 bits per heavy atom. The second kappa shape index (κ2) is 4.96. The molecule has 4 heteroatoms. The van der Waals surface area contributed by atoms with Crippen molar-refractivity contribution in [3.8, 4) is 5.75 Å². The van der Waals surface area contributed by atoms with E-state index in [-0.39, 0.29) is 11.7 Å². The molecule has 0 aliphatic heterocycles. The number of carbonyl (C=O) groups is 1. The molecule has 1 unspecified atom stereocenters. The highest BCUT2D eigenvalue weighted by molar-refractivity contribution is 5.80. The standard InChI is InChI=1S/C12H16FNO2/c1-8-6-5-7-10(11(8)13)16-9(2)12(15)14(3)4/h5-7,9H,1-4H3. The van der Waals surface area contributed by atoms with E-state index in [1.807, 2.05) is 0 Å². The zero-order valence-corrected chi connectivity index (χ0v) is 9.95. The van der Waals surface area contributed by atoms with Gasteiger partial charge >= 0.3 is 0 Å². The van der Waals surface area contributed by atoms with Crippen molar-refractivity contribution < 1.29 is 13.9 Å². The van der Waals surface area contributed by atoms with Crippen LogP contribution in [0.4, 0.5) is 4.39 Å². The van der Waals surface area contributed by atoms with Crippen LogP contribution in [-0.2, 0) is 4.79 Å². The highest BCUT2D eigenvalue weighted by Crippen LogP contribution is 2.21. The normalized spacial score (nSPS) is 12.1. The predicted octanol–water partition coefficient (Wildman–Crippen LogP) is 1.99. The molecule has 0 N–H and O–H groups in total. The molecule has 1 amide bonds. The molecule has 1 aromatic rings. The van der Waals surface area contributed by atoms with E-state index < -0.39 is 11.9 Å². The van der Waals surface area contributed by atoms with Gasteiger partial charge in [0.05, 0.1) is 0 Å². The van der Waals surface area contributed by atoms with E-state index >= 15 is 0 Å². The number of likely N-dealkylation sites (N-methyl/N-ethyl adjacent to an activating group) is 1. The number of benzene rings is 1. The smallest absolute Gasteiger partial charge is 0.262 e. The van der Waals surface area contributed by atoms with Crippen LogP contribution in [0.3, 0.4) is 0 Å². The minimum Gasteiger partial charge on any atom is -0.478 e. The largest absolute Gasteiger partial charge is 0.478 e. The number of nitrogens with zero attached hydrogens (tertiary/aromatic N) is 1. The minimum absolute atomic E-state index is 0.114. The van der Waals surface area contributed by atoms with E-state index in [1.54, 1.807) is 40.1 Å². The van der Waals surface area contributed by atoms with Crippen molar-refractivity contribution in [2.24, 2.45) is 0 Å². The summed E-state index contributed by atoms with van der Waals surface area (Å²) in [6.07, 6.45) is -0.689. The van der Waals surface area contributed by atoms with E-state index in [0.29, 0.717) is 5.56 Å². The van der Waals surface area contributed by atoms with Gasteiger partial charge in [-0.3, -0.25) is 4.79 Å². The Kier molecular flexibility index (Phi) is 3.88.